The molecule has 1 atom stereocenters. The number of nitrogens with zero attached hydrogens (tertiary/aromatic N) is 1. The molecule has 2 fully saturated rings. The van der Waals surface area contributed by atoms with Crippen molar-refractivity contribution in [2.45, 2.75) is 20.0 Å². The maximum atomic E-state index is 5.74. The maximum absolute atomic E-state index is 5.74. The van der Waals surface area contributed by atoms with E-state index in [0.29, 0.717) is 11.5 Å². The quantitative estimate of drug-likeness (QED) is 0.735. The number of hydrogen-bond donors (Lipinski definition) is 1. The van der Waals surface area contributed by atoms with Crippen LogP contribution in [0.3, 0.4) is 0 Å². The second-order valence-corrected chi connectivity index (χ2v) is 5.32. The van der Waals surface area contributed by atoms with Crippen LogP contribution in [-0.2, 0) is 9.47 Å². The first-order chi connectivity index (χ1) is 7.72. The highest BCUT2D eigenvalue weighted by molar-refractivity contribution is 4.84. The predicted molar refractivity (Wildman–Crippen MR) is 63.6 cm³/mol. The zero-order valence-corrected chi connectivity index (χ0v) is 10.5. The summed E-state index contributed by atoms with van der Waals surface area (Å²) >= 11 is 0. The summed E-state index contributed by atoms with van der Waals surface area (Å²) < 4.78 is 11.0. The van der Waals surface area contributed by atoms with Crippen LogP contribution in [0.25, 0.3) is 0 Å². The van der Waals surface area contributed by atoms with Gasteiger partial charge in [-0.2, -0.15) is 0 Å². The molecule has 4 heteroatoms. The van der Waals surface area contributed by atoms with Crippen LogP contribution in [0.1, 0.15) is 13.8 Å². The van der Waals surface area contributed by atoms with Gasteiger partial charge in [0.05, 0.1) is 25.9 Å². The highest BCUT2D eigenvalue weighted by atomic mass is 16.5. The van der Waals surface area contributed by atoms with Crippen LogP contribution in [-0.4, -0.2) is 63.5 Å². The lowest BCUT2D eigenvalue weighted by molar-refractivity contribution is -0.101. The van der Waals surface area contributed by atoms with Crippen molar-refractivity contribution in [3.05, 3.63) is 0 Å². The lowest BCUT2D eigenvalue weighted by atomic mass is 9.89. The van der Waals surface area contributed by atoms with E-state index < -0.39 is 0 Å². The van der Waals surface area contributed by atoms with Crippen LogP contribution in [0.4, 0.5) is 0 Å². The molecule has 1 N–H and O–H groups in total. The van der Waals surface area contributed by atoms with E-state index in [-0.39, 0.29) is 0 Å². The lowest BCUT2D eigenvalue weighted by Gasteiger charge is -2.39. The summed E-state index contributed by atoms with van der Waals surface area (Å²) in [4.78, 5) is 2.45. The second kappa shape index (κ2) is 5.45. The van der Waals surface area contributed by atoms with Gasteiger partial charge >= 0.3 is 0 Å². The smallest absolute Gasteiger partial charge is 0.0826 e. The van der Waals surface area contributed by atoms with E-state index in [1.165, 1.54) is 0 Å². The number of nitrogens with one attached hydrogen (secondary N) is 1. The van der Waals surface area contributed by atoms with Gasteiger partial charge in [-0.05, 0) is 6.54 Å². The third-order valence-electron chi connectivity index (χ3n) is 3.49. The van der Waals surface area contributed by atoms with E-state index >= 15 is 0 Å². The monoisotopic (exact) mass is 228 g/mol. The summed E-state index contributed by atoms with van der Waals surface area (Å²) in [6.45, 7) is 12.4. The van der Waals surface area contributed by atoms with Gasteiger partial charge in [0.25, 0.3) is 0 Å². The predicted octanol–water partition coefficient (Wildman–Crippen LogP) is 0.333. The highest BCUT2D eigenvalue weighted by Crippen LogP contribution is 2.25. The Morgan fingerprint density at radius 1 is 1.44 bits per heavy atom. The van der Waals surface area contributed by atoms with Crippen LogP contribution >= 0.6 is 0 Å². The van der Waals surface area contributed by atoms with Crippen molar-refractivity contribution in [2.75, 3.05) is 52.5 Å². The van der Waals surface area contributed by atoms with Gasteiger partial charge in [0.2, 0.25) is 0 Å². The fourth-order valence-corrected chi connectivity index (χ4v) is 2.28. The molecule has 2 saturated heterocycles. The molecule has 0 aliphatic carbocycles. The SMILES string of the molecule is CCN1CCOC(CNCC2(C)COC2)C1. The molecule has 0 aromatic carbocycles. The van der Waals surface area contributed by atoms with Crippen LogP contribution in [0.15, 0.2) is 0 Å². The Morgan fingerprint density at radius 3 is 2.88 bits per heavy atom. The standard InChI is InChI=1S/C12H24N2O2/c1-3-14-4-5-16-11(7-14)6-13-8-12(2)9-15-10-12/h11,13H,3-10H2,1-2H3. The molecule has 0 radical (unpaired) electrons. The number of likely N-dealkylation sites (N-methyl/N-ethyl adjacent to an activating group) is 1. The van der Waals surface area contributed by atoms with Gasteiger partial charge in [-0.25, -0.2) is 0 Å². The van der Waals surface area contributed by atoms with Gasteiger partial charge in [-0.15, -0.1) is 0 Å². The van der Waals surface area contributed by atoms with Crippen molar-refractivity contribution < 1.29 is 9.47 Å². The molecule has 0 bridgehead atoms. The van der Waals surface area contributed by atoms with Crippen molar-refractivity contribution >= 4 is 0 Å². The molecular formula is C12H24N2O2. The largest absolute Gasteiger partial charge is 0.380 e. The molecule has 2 aliphatic heterocycles. The first-order valence-corrected chi connectivity index (χ1v) is 6.34. The minimum Gasteiger partial charge on any atom is -0.380 e. The second-order valence-electron chi connectivity index (χ2n) is 5.32. The highest BCUT2D eigenvalue weighted by Gasteiger charge is 2.33. The molecule has 0 saturated carbocycles. The van der Waals surface area contributed by atoms with Crippen LogP contribution in [0.2, 0.25) is 0 Å². The van der Waals surface area contributed by atoms with Crippen molar-refractivity contribution in [3.8, 4) is 0 Å². The first kappa shape index (κ1) is 12.3. The normalized spacial score (nSPS) is 30.0. The summed E-state index contributed by atoms with van der Waals surface area (Å²) in [6, 6.07) is 0. The topological polar surface area (TPSA) is 33.7 Å². The lowest BCUT2D eigenvalue weighted by Crippen LogP contribution is -2.51. The van der Waals surface area contributed by atoms with Crippen molar-refractivity contribution in [3.63, 3.8) is 0 Å². The Hall–Kier alpha value is -0.160. The van der Waals surface area contributed by atoms with Crippen molar-refractivity contribution in [1.82, 2.24) is 10.2 Å². The number of ether oxygens (including phenoxy) is 2. The Labute approximate surface area is 98.3 Å². The molecule has 0 spiro atoms. The van der Waals surface area contributed by atoms with E-state index in [9.17, 15) is 0 Å². The van der Waals surface area contributed by atoms with Crippen molar-refractivity contribution in [1.29, 1.82) is 0 Å². The van der Waals surface area contributed by atoms with E-state index in [1.807, 2.05) is 0 Å². The third kappa shape index (κ3) is 3.17. The summed E-state index contributed by atoms with van der Waals surface area (Å²) in [6.07, 6.45) is 0.360. The van der Waals surface area contributed by atoms with E-state index in [2.05, 4.69) is 24.1 Å². The maximum Gasteiger partial charge on any atom is 0.0826 e. The zero-order valence-electron chi connectivity index (χ0n) is 10.5. The van der Waals surface area contributed by atoms with E-state index in [1.54, 1.807) is 0 Å². The van der Waals surface area contributed by atoms with Gasteiger partial charge in [0.1, 0.15) is 0 Å². The molecule has 16 heavy (non-hydrogen) atoms. The number of morpholine rings is 1. The molecule has 2 aliphatic rings. The van der Waals surface area contributed by atoms with E-state index in [4.69, 9.17) is 9.47 Å². The van der Waals surface area contributed by atoms with Crippen LogP contribution in [0, 0.1) is 5.41 Å². The average molecular weight is 228 g/mol. The molecule has 0 aromatic rings. The Bertz CT molecular complexity index is 219. The van der Waals surface area contributed by atoms with Gasteiger partial charge in [0.15, 0.2) is 0 Å². The molecule has 0 amide bonds. The third-order valence-corrected chi connectivity index (χ3v) is 3.49. The fourth-order valence-electron chi connectivity index (χ4n) is 2.28. The molecular weight excluding hydrogens is 204 g/mol. The summed E-state index contributed by atoms with van der Waals surface area (Å²) in [5.41, 5.74) is 0.360. The van der Waals surface area contributed by atoms with Crippen molar-refractivity contribution in [2.24, 2.45) is 5.41 Å². The van der Waals surface area contributed by atoms with Crippen LogP contribution in [0.5, 0.6) is 0 Å². The number of hydrogen-bond acceptors (Lipinski definition) is 4. The van der Waals surface area contributed by atoms with Crippen LogP contribution < -0.4 is 5.32 Å². The molecule has 4 nitrogen and oxygen atoms in total. The zero-order chi connectivity index (χ0) is 11.4. The minimum atomic E-state index is 0.360. The molecule has 2 heterocycles. The summed E-state index contributed by atoms with van der Waals surface area (Å²) in [5.74, 6) is 0. The summed E-state index contributed by atoms with van der Waals surface area (Å²) in [7, 11) is 0. The molecule has 1 unspecified atom stereocenters. The fraction of sp³-hybridized carbons (Fsp3) is 1.00. The Kier molecular flexibility index (Phi) is 4.19. The average Bonchev–Trinajstić information content (AvgIpc) is 2.27. The molecule has 2 rings (SSSR count). The molecule has 94 valence electrons. The van der Waals surface area contributed by atoms with Gasteiger partial charge in [0, 0.05) is 31.6 Å². The summed E-state index contributed by atoms with van der Waals surface area (Å²) in [5, 5.41) is 3.51. The number of rotatable bonds is 5. The van der Waals surface area contributed by atoms with Gasteiger partial charge in [-0.1, -0.05) is 13.8 Å². The molecule has 0 aromatic heterocycles. The Morgan fingerprint density at radius 2 is 2.25 bits per heavy atom. The van der Waals surface area contributed by atoms with Gasteiger partial charge < -0.3 is 14.8 Å². The minimum absolute atomic E-state index is 0.360. The van der Waals surface area contributed by atoms with E-state index in [0.717, 1.165) is 52.5 Å². The first-order valence-electron chi connectivity index (χ1n) is 6.34. The van der Waals surface area contributed by atoms with Gasteiger partial charge in [-0.3, -0.25) is 4.90 Å². The Balaban J connectivity index is 1.61.